The molecule has 1 fully saturated rings. The molecule has 0 aromatic carbocycles. The molecule has 0 aliphatic carbocycles. The van der Waals surface area contributed by atoms with Gasteiger partial charge in [-0.15, -0.1) is 0 Å². The lowest BCUT2D eigenvalue weighted by molar-refractivity contribution is -0.137. The average Bonchev–Trinajstić information content (AvgIpc) is 2.35. The summed E-state index contributed by atoms with van der Waals surface area (Å²) >= 11 is 0. The quantitative estimate of drug-likeness (QED) is 0.790. The van der Waals surface area contributed by atoms with Crippen LogP contribution in [0.4, 0.5) is 0 Å². The molecule has 4 heteroatoms. The minimum Gasteiger partial charge on any atom is -0.390 e. The van der Waals surface area contributed by atoms with E-state index in [0.29, 0.717) is 13.0 Å². The van der Waals surface area contributed by atoms with Crippen molar-refractivity contribution in [3.63, 3.8) is 0 Å². The van der Waals surface area contributed by atoms with Crippen molar-refractivity contribution in [2.75, 3.05) is 19.7 Å². The number of nitrogens with zero attached hydrogens (tertiary/aromatic N) is 1. The molecule has 0 spiro atoms. The third kappa shape index (κ3) is 4.49. The van der Waals surface area contributed by atoms with Gasteiger partial charge in [-0.3, -0.25) is 4.79 Å². The van der Waals surface area contributed by atoms with Gasteiger partial charge >= 0.3 is 0 Å². The minimum atomic E-state index is -0.617. The van der Waals surface area contributed by atoms with Gasteiger partial charge in [0.15, 0.2) is 0 Å². The third-order valence-electron chi connectivity index (χ3n) is 2.96. The first-order valence-electron chi connectivity index (χ1n) is 6.02. The van der Waals surface area contributed by atoms with Crippen LogP contribution in [0, 0.1) is 0 Å². The van der Waals surface area contributed by atoms with E-state index in [2.05, 4.69) is 0 Å². The van der Waals surface area contributed by atoms with E-state index in [0.717, 1.165) is 19.4 Å². The standard InChI is InChI=1S/C12H23NO3/c1-10(2)16-9-11(14)13-7-4-5-12(3,15)6-8-13/h10,15H,4-9H2,1-3H3. The van der Waals surface area contributed by atoms with Crippen molar-refractivity contribution in [2.45, 2.75) is 51.7 Å². The molecule has 1 amide bonds. The van der Waals surface area contributed by atoms with Crippen LogP contribution < -0.4 is 0 Å². The highest BCUT2D eigenvalue weighted by molar-refractivity contribution is 5.77. The van der Waals surface area contributed by atoms with Crippen molar-refractivity contribution < 1.29 is 14.6 Å². The van der Waals surface area contributed by atoms with Crippen LogP contribution in [-0.2, 0) is 9.53 Å². The predicted molar refractivity (Wildman–Crippen MR) is 62.1 cm³/mol. The lowest BCUT2D eigenvalue weighted by Gasteiger charge is -2.22. The van der Waals surface area contributed by atoms with Gasteiger partial charge in [0.2, 0.25) is 5.91 Å². The van der Waals surface area contributed by atoms with E-state index in [1.807, 2.05) is 20.8 Å². The summed E-state index contributed by atoms with van der Waals surface area (Å²) in [5, 5.41) is 9.90. The number of hydrogen-bond acceptors (Lipinski definition) is 3. The van der Waals surface area contributed by atoms with Crippen LogP contribution in [-0.4, -0.2) is 47.3 Å². The van der Waals surface area contributed by atoms with Crippen molar-refractivity contribution in [1.82, 2.24) is 4.90 Å². The molecule has 16 heavy (non-hydrogen) atoms. The summed E-state index contributed by atoms with van der Waals surface area (Å²) in [5.74, 6) is 0.0337. The normalized spacial score (nSPS) is 26.9. The molecule has 1 aliphatic rings. The second kappa shape index (κ2) is 5.64. The Balaban J connectivity index is 2.39. The summed E-state index contributed by atoms with van der Waals surface area (Å²) in [5.41, 5.74) is -0.617. The predicted octanol–water partition coefficient (Wildman–Crippen LogP) is 1.17. The second-order valence-corrected chi connectivity index (χ2v) is 5.09. The maximum atomic E-state index is 11.8. The lowest BCUT2D eigenvalue weighted by Crippen LogP contribution is -2.36. The molecular weight excluding hydrogens is 206 g/mol. The molecular formula is C12H23NO3. The van der Waals surface area contributed by atoms with Crippen LogP contribution in [0.1, 0.15) is 40.0 Å². The number of carbonyl (C=O) groups is 1. The second-order valence-electron chi connectivity index (χ2n) is 5.09. The molecule has 1 N–H and O–H groups in total. The highest BCUT2D eigenvalue weighted by Gasteiger charge is 2.26. The molecule has 4 nitrogen and oxygen atoms in total. The van der Waals surface area contributed by atoms with Crippen LogP contribution in [0.15, 0.2) is 0 Å². The molecule has 1 unspecified atom stereocenters. The SMILES string of the molecule is CC(C)OCC(=O)N1CCCC(C)(O)CC1. The number of amides is 1. The van der Waals surface area contributed by atoms with Gasteiger partial charge in [-0.2, -0.15) is 0 Å². The molecule has 0 saturated carbocycles. The van der Waals surface area contributed by atoms with E-state index < -0.39 is 5.60 Å². The van der Waals surface area contributed by atoms with E-state index in [-0.39, 0.29) is 18.6 Å². The Morgan fingerprint density at radius 1 is 1.44 bits per heavy atom. The van der Waals surface area contributed by atoms with Gasteiger partial charge in [-0.1, -0.05) is 0 Å². The number of carbonyl (C=O) groups excluding carboxylic acids is 1. The Morgan fingerprint density at radius 2 is 2.12 bits per heavy atom. The van der Waals surface area contributed by atoms with Gasteiger partial charge in [-0.25, -0.2) is 0 Å². The molecule has 1 heterocycles. The van der Waals surface area contributed by atoms with Gasteiger partial charge in [0.1, 0.15) is 6.61 Å². The summed E-state index contributed by atoms with van der Waals surface area (Å²) in [7, 11) is 0. The van der Waals surface area contributed by atoms with Crippen molar-refractivity contribution in [3.05, 3.63) is 0 Å². The van der Waals surface area contributed by atoms with Crippen LogP contribution in [0.25, 0.3) is 0 Å². The molecule has 0 radical (unpaired) electrons. The Bertz CT molecular complexity index is 238. The van der Waals surface area contributed by atoms with Crippen LogP contribution >= 0.6 is 0 Å². The summed E-state index contributed by atoms with van der Waals surface area (Å²) in [6, 6.07) is 0. The van der Waals surface area contributed by atoms with Crippen molar-refractivity contribution in [3.8, 4) is 0 Å². The summed E-state index contributed by atoms with van der Waals surface area (Å²) in [6.07, 6.45) is 2.36. The first-order chi connectivity index (χ1) is 7.41. The fourth-order valence-electron chi connectivity index (χ4n) is 1.84. The zero-order valence-electron chi connectivity index (χ0n) is 10.5. The first kappa shape index (κ1) is 13.5. The summed E-state index contributed by atoms with van der Waals surface area (Å²) in [4.78, 5) is 13.6. The van der Waals surface area contributed by atoms with Crippen LogP contribution in [0.3, 0.4) is 0 Å². The Morgan fingerprint density at radius 3 is 2.75 bits per heavy atom. The average molecular weight is 229 g/mol. The topological polar surface area (TPSA) is 49.8 Å². The largest absolute Gasteiger partial charge is 0.390 e. The van der Waals surface area contributed by atoms with Crippen LogP contribution in [0.2, 0.25) is 0 Å². The number of ether oxygens (including phenoxy) is 1. The summed E-state index contributed by atoms with van der Waals surface area (Å²) in [6.45, 7) is 7.19. The summed E-state index contributed by atoms with van der Waals surface area (Å²) < 4.78 is 5.30. The molecule has 0 bridgehead atoms. The molecule has 94 valence electrons. The Kier molecular flexibility index (Phi) is 4.74. The number of likely N-dealkylation sites (tertiary alicyclic amines) is 1. The lowest BCUT2D eigenvalue weighted by atomic mass is 9.98. The van der Waals surface area contributed by atoms with E-state index in [4.69, 9.17) is 4.74 Å². The number of aliphatic hydroxyl groups is 1. The molecule has 0 aromatic heterocycles. The first-order valence-corrected chi connectivity index (χ1v) is 6.02. The van der Waals surface area contributed by atoms with Gasteiger partial charge in [0, 0.05) is 13.1 Å². The van der Waals surface area contributed by atoms with E-state index in [9.17, 15) is 9.90 Å². The monoisotopic (exact) mass is 229 g/mol. The maximum Gasteiger partial charge on any atom is 0.248 e. The highest BCUT2D eigenvalue weighted by atomic mass is 16.5. The Hall–Kier alpha value is -0.610. The molecule has 0 aromatic rings. The number of rotatable bonds is 3. The van der Waals surface area contributed by atoms with Crippen molar-refractivity contribution in [1.29, 1.82) is 0 Å². The van der Waals surface area contributed by atoms with Gasteiger partial charge in [0.05, 0.1) is 11.7 Å². The number of hydrogen-bond donors (Lipinski definition) is 1. The highest BCUT2D eigenvalue weighted by Crippen LogP contribution is 2.21. The van der Waals surface area contributed by atoms with E-state index in [1.54, 1.807) is 4.90 Å². The molecule has 1 saturated heterocycles. The maximum absolute atomic E-state index is 11.8. The zero-order chi connectivity index (χ0) is 12.2. The van der Waals surface area contributed by atoms with Crippen LogP contribution in [0.5, 0.6) is 0 Å². The van der Waals surface area contributed by atoms with E-state index >= 15 is 0 Å². The van der Waals surface area contributed by atoms with Gasteiger partial charge in [0.25, 0.3) is 0 Å². The fraction of sp³-hybridized carbons (Fsp3) is 0.917. The van der Waals surface area contributed by atoms with Gasteiger partial charge < -0.3 is 14.7 Å². The molecule has 1 atom stereocenters. The smallest absolute Gasteiger partial charge is 0.248 e. The fourth-order valence-corrected chi connectivity index (χ4v) is 1.84. The third-order valence-corrected chi connectivity index (χ3v) is 2.96. The van der Waals surface area contributed by atoms with Crippen molar-refractivity contribution >= 4 is 5.91 Å². The van der Waals surface area contributed by atoms with E-state index in [1.165, 1.54) is 0 Å². The van der Waals surface area contributed by atoms with Crippen molar-refractivity contribution in [2.24, 2.45) is 0 Å². The minimum absolute atomic E-state index is 0.0337. The molecule has 1 rings (SSSR count). The zero-order valence-corrected chi connectivity index (χ0v) is 10.5. The Labute approximate surface area is 97.6 Å². The molecule has 1 aliphatic heterocycles. The van der Waals surface area contributed by atoms with Gasteiger partial charge in [-0.05, 0) is 40.0 Å².